The molecule has 0 bridgehead atoms. The lowest BCUT2D eigenvalue weighted by molar-refractivity contribution is -0.145. The van der Waals surface area contributed by atoms with E-state index in [4.69, 9.17) is 9.39 Å². The van der Waals surface area contributed by atoms with Crippen LogP contribution in [0.3, 0.4) is 0 Å². The zero-order chi connectivity index (χ0) is 48.5. The monoisotopic (exact) mass is 994 g/mol. The average Bonchev–Trinajstić information content (AvgIpc) is 3.61. The van der Waals surface area contributed by atoms with Crippen molar-refractivity contribution in [3.63, 3.8) is 0 Å². The molecule has 1 saturated heterocycles. The van der Waals surface area contributed by atoms with Gasteiger partial charge in [-0.3, -0.25) is 0 Å². The molecule has 1 heterocycles. The summed E-state index contributed by atoms with van der Waals surface area (Å²) in [6.45, 7) is 1.13. The standard InChI is InChI=1S/C42H31BF12N2O6S3/c1-2-3-19-62-36(26-64-33-17-11-6-12-18-33)63-43-56(65(58,59)34-22-29(39(44,45)46)20-30(23-34)40(47,48)49)37(27-13-7-4-8-14-27)38(28-15-9-5-10-16-28)57(43)66(60,61)35-24-31(41(50,51)52)21-32(25-35)42(53,54)55/h2-18,20-26,37-38H,19H2,1H3/b3-2+,36-26+/t37-,38-/m0/s1. The van der Waals surface area contributed by atoms with E-state index in [2.05, 4.69) is 0 Å². The van der Waals surface area contributed by atoms with E-state index in [1.807, 2.05) is 0 Å². The summed E-state index contributed by atoms with van der Waals surface area (Å²) in [4.78, 5) is -2.96. The highest BCUT2D eigenvalue weighted by molar-refractivity contribution is 8.02. The first-order valence-electron chi connectivity index (χ1n) is 18.8. The van der Waals surface area contributed by atoms with Crippen LogP contribution in [0, 0.1) is 0 Å². The Morgan fingerprint density at radius 3 is 1.26 bits per heavy atom. The number of ether oxygens (including phenoxy) is 1. The van der Waals surface area contributed by atoms with Gasteiger partial charge in [-0.15, -0.1) is 0 Å². The molecular weight excluding hydrogens is 963 g/mol. The van der Waals surface area contributed by atoms with Gasteiger partial charge in [0.25, 0.3) is 5.95 Å². The molecule has 0 radical (unpaired) electrons. The number of allylic oxidation sites excluding steroid dienone is 1. The van der Waals surface area contributed by atoms with Crippen molar-refractivity contribution in [2.45, 2.75) is 58.4 Å². The van der Waals surface area contributed by atoms with Crippen LogP contribution in [0.15, 0.2) is 166 Å². The maximum absolute atomic E-state index is 15.3. The van der Waals surface area contributed by atoms with Crippen LogP contribution in [-0.2, 0) is 54.1 Å². The molecule has 0 amide bonds. The largest absolute Gasteiger partial charge is 0.580 e. The van der Waals surface area contributed by atoms with Gasteiger partial charge in [0.15, 0.2) is 0 Å². The molecule has 24 heteroatoms. The minimum absolute atomic E-state index is 0.0888. The van der Waals surface area contributed by atoms with Crippen LogP contribution in [0.5, 0.6) is 0 Å². The van der Waals surface area contributed by atoms with Gasteiger partial charge in [-0.05, 0) is 66.6 Å². The molecule has 0 spiro atoms. The summed E-state index contributed by atoms with van der Waals surface area (Å²) in [6, 6.07) is 15.2. The van der Waals surface area contributed by atoms with Crippen molar-refractivity contribution in [2.75, 3.05) is 6.61 Å². The molecular formula is C42H31BF12N2O6S3. The van der Waals surface area contributed by atoms with Gasteiger partial charge in [-0.2, -0.15) is 61.1 Å². The van der Waals surface area contributed by atoms with Gasteiger partial charge in [0.05, 0.1) is 49.5 Å². The molecule has 0 aliphatic carbocycles. The fraction of sp³-hybridized carbons (Fsp3) is 0.190. The Balaban J connectivity index is 1.76. The minimum atomic E-state index is -6.03. The van der Waals surface area contributed by atoms with Gasteiger partial charge < -0.3 is 9.39 Å². The summed E-state index contributed by atoms with van der Waals surface area (Å²) in [5.74, 6) is -0.770. The molecule has 0 unspecified atom stereocenters. The van der Waals surface area contributed by atoms with Gasteiger partial charge >= 0.3 is 31.9 Å². The first-order chi connectivity index (χ1) is 30.7. The number of benzene rings is 5. The molecule has 5 aromatic carbocycles. The second-order valence-corrected chi connectivity index (χ2v) is 18.7. The topological polar surface area (TPSA) is 93.2 Å². The molecule has 1 aliphatic rings. The Hall–Kier alpha value is -5.43. The molecule has 1 aliphatic heterocycles. The lowest BCUT2D eigenvalue weighted by atomic mass is 9.95. The Labute approximate surface area is 374 Å². The lowest BCUT2D eigenvalue weighted by Crippen LogP contribution is -2.51. The number of sulfonamides is 2. The number of nitrogens with zero attached hydrogens (tertiary/aromatic N) is 2. The Morgan fingerprint density at radius 1 is 0.576 bits per heavy atom. The number of halogens is 12. The molecule has 0 saturated carbocycles. The van der Waals surface area contributed by atoms with Crippen LogP contribution in [0.4, 0.5) is 52.7 Å². The zero-order valence-electron chi connectivity index (χ0n) is 33.4. The van der Waals surface area contributed by atoms with E-state index in [1.54, 1.807) is 37.3 Å². The summed E-state index contributed by atoms with van der Waals surface area (Å²) in [5, 5.41) is 1.07. The maximum atomic E-state index is 15.3. The Morgan fingerprint density at radius 2 is 0.924 bits per heavy atom. The van der Waals surface area contributed by atoms with E-state index in [0.29, 0.717) is 4.90 Å². The molecule has 0 N–H and O–H groups in total. The molecule has 6 rings (SSSR count). The summed E-state index contributed by atoms with van der Waals surface area (Å²) < 4.78 is 245. The van der Waals surface area contributed by atoms with E-state index in [9.17, 15) is 52.7 Å². The van der Waals surface area contributed by atoms with Crippen molar-refractivity contribution in [3.05, 3.63) is 184 Å². The Kier molecular flexibility index (Phi) is 14.4. The molecule has 8 nitrogen and oxygen atoms in total. The zero-order valence-corrected chi connectivity index (χ0v) is 35.8. The van der Waals surface area contributed by atoms with E-state index in [-0.39, 0.29) is 56.0 Å². The van der Waals surface area contributed by atoms with Crippen molar-refractivity contribution in [3.8, 4) is 0 Å². The van der Waals surface area contributed by atoms with Crippen molar-refractivity contribution in [1.29, 1.82) is 0 Å². The highest BCUT2D eigenvalue weighted by Gasteiger charge is 2.64. The van der Waals surface area contributed by atoms with Gasteiger partial charge in [0.2, 0.25) is 20.0 Å². The van der Waals surface area contributed by atoms with Crippen molar-refractivity contribution in [2.24, 2.45) is 0 Å². The molecule has 66 heavy (non-hydrogen) atoms. The summed E-state index contributed by atoms with van der Waals surface area (Å²) >= 11 is 0.821. The predicted octanol–water partition coefficient (Wildman–Crippen LogP) is 12.1. The maximum Gasteiger partial charge on any atom is 0.580 e. The number of thioether (sulfide) groups is 1. The quantitative estimate of drug-likeness (QED) is 0.0381. The van der Waals surface area contributed by atoms with Crippen LogP contribution in [-0.4, -0.2) is 39.1 Å². The first-order valence-corrected chi connectivity index (χ1v) is 22.6. The van der Waals surface area contributed by atoms with Gasteiger partial charge in [0, 0.05) is 4.90 Å². The van der Waals surface area contributed by atoms with Crippen LogP contribution < -0.4 is 0 Å². The second kappa shape index (κ2) is 19.1. The van der Waals surface area contributed by atoms with E-state index >= 15 is 16.8 Å². The van der Waals surface area contributed by atoms with Crippen LogP contribution in [0.1, 0.15) is 52.4 Å². The predicted molar refractivity (Wildman–Crippen MR) is 217 cm³/mol. The van der Waals surface area contributed by atoms with E-state index < -0.39 is 109 Å². The van der Waals surface area contributed by atoms with Crippen LogP contribution >= 0.6 is 11.8 Å². The summed E-state index contributed by atoms with van der Waals surface area (Å²) in [7, 11) is -15.0. The normalized spacial score (nSPS) is 17.4. The second-order valence-electron chi connectivity index (χ2n) is 14.1. The third-order valence-corrected chi connectivity index (χ3v) is 14.1. The lowest BCUT2D eigenvalue weighted by Gasteiger charge is -2.29. The van der Waals surface area contributed by atoms with E-state index in [1.165, 1.54) is 72.8 Å². The number of alkyl halides is 12. The SMILES string of the molecule is C/C=C/CO/C(=C\Sc1ccccc1)OB1N(S(=O)(=O)c2cc(C(F)(F)F)cc(C(F)(F)F)c2)[C@@H](c2ccccc2)[C@H](c2ccccc2)N1S(=O)(=O)c1cc(C(F)(F)F)cc(C(F)(F)F)c1. The smallest absolute Gasteiger partial charge is 0.504 e. The van der Waals surface area contributed by atoms with Gasteiger partial charge in [-0.1, -0.05) is 103 Å². The van der Waals surface area contributed by atoms with Crippen molar-refractivity contribution in [1.82, 2.24) is 8.43 Å². The molecule has 2 atom stereocenters. The Bertz CT molecular complexity index is 2570. The van der Waals surface area contributed by atoms with Gasteiger partial charge in [-0.25, -0.2) is 16.8 Å². The van der Waals surface area contributed by atoms with Crippen LogP contribution in [0.2, 0.25) is 0 Å². The minimum Gasteiger partial charge on any atom is -0.504 e. The molecule has 5 aromatic rings. The third-order valence-electron chi connectivity index (χ3n) is 9.65. The number of rotatable bonds is 13. The number of hydrogen-bond acceptors (Lipinski definition) is 7. The number of hydrogen-bond donors (Lipinski definition) is 0. The summed E-state index contributed by atoms with van der Waals surface area (Å²) in [6.07, 6.45) is -19.6. The average molecular weight is 995 g/mol. The van der Waals surface area contributed by atoms with E-state index in [0.717, 1.165) is 17.2 Å². The first kappa shape index (κ1) is 50.0. The van der Waals surface area contributed by atoms with Gasteiger partial charge in [0.1, 0.15) is 6.61 Å². The third kappa shape index (κ3) is 11.0. The molecule has 1 fully saturated rings. The fourth-order valence-electron chi connectivity index (χ4n) is 6.70. The molecule has 0 aromatic heterocycles. The highest BCUT2D eigenvalue weighted by atomic mass is 32.2. The van der Waals surface area contributed by atoms with Crippen LogP contribution in [0.25, 0.3) is 0 Å². The molecule has 350 valence electrons. The van der Waals surface area contributed by atoms with Crippen molar-refractivity contribution >= 4 is 39.0 Å². The highest BCUT2D eigenvalue weighted by Crippen LogP contribution is 2.52. The summed E-state index contributed by atoms with van der Waals surface area (Å²) in [5.41, 5.74) is -8.86. The fourth-order valence-corrected chi connectivity index (χ4v) is 10.9. The van der Waals surface area contributed by atoms with Crippen molar-refractivity contribution < 1.29 is 78.9 Å².